The molecule has 0 unspecified atom stereocenters. The van der Waals surface area contributed by atoms with Crippen molar-refractivity contribution in [3.8, 4) is 0 Å². The second-order valence-electron chi connectivity index (χ2n) is 5.70. The van der Waals surface area contributed by atoms with Crippen LogP contribution in [0.15, 0.2) is 57.3 Å². The molecule has 0 atom stereocenters. The van der Waals surface area contributed by atoms with Gasteiger partial charge in [0.15, 0.2) is 4.34 Å². The quantitative estimate of drug-likeness (QED) is 0.341. The number of benzene rings is 2. The number of nitrogens with zero attached hydrogens (tertiary/aromatic N) is 3. The van der Waals surface area contributed by atoms with E-state index in [1.807, 2.05) is 30.3 Å². The van der Waals surface area contributed by atoms with Crippen molar-refractivity contribution in [2.45, 2.75) is 23.7 Å². The highest BCUT2D eigenvalue weighted by molar-refractivity contribution is 8.00. The van der Waals surface area contributed by atoms with E-state index in [1.165, 1.54) is 10.3 Å². The number of thioether (sulfide) groups is 1. The Morgan fingerprint density at radius 2 is 2.00 bits per heavy atom. The number of rotatable bonds is 6. The normalized spacial score (nSPS) is 11.1. The highest BCUT2D eigenvalue weighted by Gasteiger charge is 2.09. The number of para-hydroxylation sites is 1. The molecule has 0 bridgehead atoms. The van der Waals surface area contributed by atoms with Crippen molar-refractivity contribution in [1.29, 1.82) is 0 Å². The molecule has 1 N–H and O–H groups in total. The van der Waals surface area contributed by atoms with E-state index >= 15 is 0 Å². The summed E-state index contributed by atoms with van der Waals surface area (Å²) in [6, 6.07) is 16.3. The average molecular weight is 401 g/mol. The standard InChI is InChI=1S/C18H16N4OS3/c1-12-6-8-13(9-7-12)19-11-22-18(24)23-16(21-22)10-25-17-20-14-4-2-3-5-15(14)26-17/h2-9,19H,10-11H2,1H3. The third kappa shape index (κ3) is 3.98. The predicted molar refractivity (Wildman–Crippen MR) is 109 cm³/mol. The molecule has 0 amide bonds. The largest absolute Gasteiger partial charge is 0.413 e. The van der Waals surface area contributed by atoms with Crippen molar-refractivity contribution in [3.63, 3.8) is 0 Å². The molecule has 0 saturated heterocycles. The average Bonchev–Trinajstić information content (AvgIpc) is 3.22. The Kier molecular flexibility index (Phi) is 5.05. The second kappa shape index (κ2) is 7.61. The monoisotopic (exact) mass is 400 g/mol. The number of anilines is 1. The Bertz CT molecular complexity index is 1050. The van der Waals surface area contributed by atoms with Crippen LogP contribution in [0.3, 0.4) is 0 Å². The van der Waals surface area contributed by atoms with Crippen molar-refractivity contribution >= 4 is 51.2 Å². The predicted octanol–water partition coefficient (Wildman–Crippen LogP) is 5.49. The first-order chi connectivity index (χ1) is 12.7. The SMILES string of the molecule is Cc1ccc(NCn2nc(CSc3nc4ccccc4s3)oc2=S)cc1. The molecular weight excluding hydrogens is 384 g/mol. The van der Waals surface area contributed by atoms with E-state index in [9.17, 15) is 0 Å². The Labute approximate surface area is 164 Å². The third-order valence-corrected chi connectivity index (χ3v) is 6.18. The molecular formula is C18H16N4OS3. The molecule has 4 rings (SSSR count). The van der Waals surface area contributed by atoms with Crippen LogP contribution in [0.1, 0.15) is 11.5 Å². The van der Waals surface area contributed by atoms with Gasteiger partial charge in [0, 0.05) is 5.69 Å². The van der Waals surface area contributed by atoms with Crippen LogP contribution in [0.5, 0.6) is 0 Å². The lowest BCUT2D eigenvalue weighted by atomic mass is 10.2. The van der Waals surface area contributed by atoms with Gasteiger partial charge < -0.3 is 9.73 Å². The molecule has 26 heavy (non-hydrogen) atoms. The Morgan fingerprint density at radius 1 is 1.19 bits per heavy atom. The van der Waals surface area contributed by atoms with Gasteiger partial charge in [0.05, 0.1) is 16.0 Å². The zero-order valence-corrected chi connectivity index (χ0v) is 16.5. The molecule has 0 aliphatic rings. The number of fused-ring (bicyclic) bond motifs is 1. The summed E-state index contributed by atoms with van der Waals surface area (Å²) >= 11 is 8.55. The number of hydrogen-bond donors (Lipinski definition) is 1. The van der Waals surface area contributed by atoms with Crippen LogP contribution >= 0.6 is 35.3 Å². The summed E-state index contributed by atoms with van der Waals surface area (Å²) in [4.78, 5) is 4.97. The molecule has 5 nitrogen and oxygen atoms in total. The van der Waals surface area contributed by atoms with Gasteiger partial charge in [-0.15, -0.1) is 16.4 Å². The summed E-state index contributed by atoms with van der Waals surface area (Å²) in [5, 5.41) is 7.74. The first-order valence-electron chi connectivity index (χ1n) is 8.03. The van der Waals surface area contributed by atoms with Crippen molar-refractivity contribution in [2.24, 2.45) is 0 Å². The zero-order valence-electron chi connectivity index (χ0n) is 14.0. The van der Waals surface area contributed by atoms with Crippen LogP contribution < -0.4 is 5.32 Å². The van der Waals surface area contributed by atoms with Gasteiger partial charge in [0.2, 0.25) is 5.89 Å². The Morgan fingerprint density at radius 3 is 2.81 bits per heavy atom. The van der Waals surface area contributed by atoms with Crippen LogP contribution in [0.4, 0.5) is 5.69 Å². The number of aryl methyl sites for hydroxylation is 1. The van der Waals surface area contributed by atoms with E-state index in [1.54, 1.807) is 27.8 Å². The molecule has 2 aromatic carbocycles. The molecule has 0 radical (unpaired) electrons. The summed E-state index contributed by atoms with van der Waals surface area (Å²) in [5.74, 6) is 1.20. The van der Waals surface area contributed by atoms with E-state index in [0.29, 0.717) is 23.1 Å². The molecule has 132 valence electrons. The number of aromatic nitrogens is 3. The fourth-order valence-corrected chi connectivity index (χ4v) is 4.49. The maximum Gasteiger partial charge on any atom is 0.288 e. The number of hydrogen-bond acceptors (Lipinski definition) is 7. The first kappa shape index (κ1) is 17.3. The first-order valence-corrected chi connectivity index (χ1v) is 10.2. The minimum absolute atomic E-state index is 0.365. The van der Waals surface area contributed by atoms with Gasteiger partial charge in [-0.25, -0.2) is 9.67 Å². The zero-order chi connectivity index (χ0) is 17.9. The minimum Gasteiger partial charge on any atom is -0.413 e. The molecule has 0 fully saturated rings. The topological polar surface area (TPSA) is 55.9 Å². The van der Waals surface area contributed by atoms with E-state index in [0.717, 1.165) is 15.5 Å². The van der Waals surface area contributed by atoms with E-state index in [2.05, 4.69) is 40.5 Å². The highest BCUT2D eigenvalue weighted by atomic mass is 32.2. The number of thiazole rings is 1. The molecule has 2 heterocycles. The van der Waals surface area contributed by atoms with Crippen molar-refractivity contribution in [2.75, 3.05) is 5.32 Å². The summed E-state index contributed by atoms with van der Waals surface area (Å²) < 4.78 is 9.44. The smallest absolute Gasteiger partial charge is 0.288 e. The molecule has 0 aliphatic carbocycles. The molecule has 8 heteroatoms. The second-order valence-corrected chi connectivity index (χ2v) is 8.30. The van der Waals surface area contributed by atoms with Gasteiger partial charge in [0.25, 0.3) is 4.84 Å². The highest BCUT2D eigenvalue weighted by Crippen LogP contribution is 2.31. The lowest BCUT2D eigenvalue weighted by Gasteiger charge is -2.05. The van der Waals surface area contributed by atoms with Crippen molar-refractivity contribution < 1.29 is 4.42 Å². The van der Waals surface area contributed by atoms with Crippen LogP contribution in [0.2, 0.25) is 0 Å². The summed E-state index contributed by atoms with van der Waals surface area (Å²) in [6.45, 7) is 2.53. The van der Waals surface area contributed by atoms with E-state index in [4.69, 9.17) is 16.6 Å². The van der Waals surface area contributed by atoms with Gasteiger partial charge >= 0.3 is 0 Å². The van der Waals surface area contributed by atoms with E-state index in [-0.39, 0.29) is 0 Å². The molecule has 2 aromatic heterocycles. The molecule has 0 aliphatic heterocycles. The summed E-state index contributed by atoms with van der Waals surface area (Å²) in [6.07, 6.45) is 0. The van der Waals surface area contributed by atoms with Crippen molar-refractivity contribution in [1.82, 2.24) is 14.8 Å². The maximum atomic E-state index is 5.60. The van der Waals surface area contributed by atoms with Gasteiger partial charge in [0.1, 0.15) is 6.67 Å². The number of nitrogens with one attached hydrogen (secondary N) is 1. The fourth-order valence-electron chi connectivity index (χ4n) is 2.38. The summed E-state index contributed by atoms with van der Waals surface area (Å²) in [7, 11) is 0. The van der Waals surface area contributed by atoms with Crippen molar-refractivity contribution in [3.05, 3.63) is 64.8 Å². The minimum atomic E-state index is 0.365. The maximum absolute atomic E-state index is 5.60. The van der Waals surface area contributed by atoms with Gasteiger partial charge in [-0.2, -0.15) is 0 Å². The van der Waals surface area contributed by atoms with E-state index < -0.39 is 0 Å². The lowest BCUT2D eigenvalue weighted by Crippen LogP contribution is -2.09. The van der Waals surface area contributed by atoms with Gasteiger partial charge in [-0.05, 0) is 43.4 Å². The lowest BCUT2D eigenvalue weighted by molar-refractivity contribution is 0.488. The van der Waals surface area contributed by atoms with Crippen LogP contribution in [-0.2, 0) is 12.4 Å². The summed E-state index contributed by atoms with van der Waals surface area (Å²) in [5.41, 5.74) is 3.27. The van der Waals surface area contributed by atoms with Crippen LogP contribution in [-0.4, -0.2) is 14.8 Å². The van der Waals surface area contributed by atoms with Crippen LogP contribution in [0.25, 0.3) is 10.2 Å². The Balaban J connectivity index is 1.39. The molecule has 0 spiro atoms. The Hall–Kier alpha value is -2.16. The van der Waals surface area contributed by atoms with Crippen LogP contribution in [0, 0.1) is 11.8 Å². The van der Waals surface area contributed by atoms with Gasteiger partial charge in [-0.3, -0.25) is 0 Å². The molecule has 0 saturated carbocycles. The fraction of sp³-hybridized carbons (Fsp3) is 0.167. The molecule has 4 aromatic rings. The third-order valence-electron chi connectivity index (χ3n) is 3.73. The van der Waals surface area contributed by atoms with Gasteiger partial charge in [-0.1, -0.05) is 41.6 Å².